The van der Waals surface area contributed by atoms with Crippen LogP contribution in [0.3, 0.4) is 0 Å². The number of ether oxygens (including phenoxy) is 1. The van der Waals surface area contributed by atoms with Crippen molar-refractivity contribution in [3.63, 3.8) is 0 Å². The van der Waals surface area contributed by atoms with Crippen LogP contribution in [-0.4, -0.2) is 32.7 Å². The first-order valence-electron chi connectivity index (χ1n) is 15.9. The number of aromatic nitrogens is 4. The van der Waals surface area contributed by atoms with E-state index in [1.54, 1.807) is 6.33 Å². The van der Waals surface area contributed by atoms with Gasteiger partial charge >= 0.3 is 0 Å². The van der Waals surface area contributed by atoms with Gasteiger partial charge in [-0.2, -0.15) is 4.98 Å². The van der Waals surface area contributed by atoms with Crippen LogP contribution in [0.4, 0.5) is 5.95 Å². The molecule has 1 radical (unpaired) electrons. The van der Waals surface area contributed by atoms with Crippen LogP contribution in [0.25, 0.3) is 27.6 Å². The smallest absolute Gasteiger partial charge is 0.280 e. The fourth-order valence-corrected chi connectivity index (χ4v) is 5.56. The van der Waals surface area contributed by atoms with Gasteiger partial charge in [0.1, 0.15) is 6.33 Å². The van der Waals surface area contributed by atoms with E-state index in [9.17, 15) is 4.79 Å². The maximum atomic E-state index is 12.3. The van der Waals surface area contributed by atoms with Gasteiger partial charge in [-0.1, -0.05) is 115 Å². The van der Waals surface area contributed by atoms with Gasteiger partial charge in [-0.15, -0.1) is 0 Å². The fraction of sp³-hybridized carbons (Fsp3) is 0.559. The van der Waals surface area contributed by atoms with E-state index < -0.39 is 0 Å². The number of nitrogens with one attached hydrogen (secondary N) is 1. The number of imidazole rings is 1. The molecule has 0 aliphatic carbocycles. The number of nitrogen functional groups attached to an aromatic ring is 1. The summed E-state index contributed by atoms with van der Waals surface area (Å²) in [7, 11) is 0. The molecular formula is C34H48N5O2. The number of fused-ring (bicyclic) bond motifs is 2. The molecule has 221 valence electrons. The van der Waals surface area contributed by atoms with E-state index in [1.807, 2.05) is 16.7 Å². The summed E-state index contributed by atoms with van der Waals surface area (Å²) in [6, 6.07) is 13.9. The van der Waals surface area contributed by atoms with Gasteiger partial charge in [-0.3, -0.25) is 14.3 Å². The minimum Gasteiger partial charge on any atom is -0.381 e. The highest BCUT2D eigenvalue weighted by molar-refractivity contribution is 5.86. The zero-order valence-electron chi connectivity index (χ0n) is 24.9. The second-order valence-corrected chi connectivity index (χ2v) is 11.3. The van der Waals surface area contributed by atoms with Crippen molar-refractivity contribution in [1.82, 2.24) is 19.5 Å². The third-order valence-corrected chi connectivity index (χ3v) is 7.89. The zero-order valence-corrected chi connectivity index (χ0v) is 24.9. The van der Waals surface area contributed by atoms with E-state index in [4.69, 9.17) is 10.5 Å². The van der Waals surface area contributed by atoms with Crippen molar-refractivity contribution in [2.75, 3.05) is 18.9 Å². The van der Waals surface area contributed by atoms with Gasteiger partial charge in [0.05, 0.1) is 5.69 Å². The predicted octanol–water partition coefficient (Wildman–Crippen LogP) is 8.07. The first-order chi connectivity index (χ1) is 20.2. The first-order valence-corrected chi connectivity index (χ1v) is 15.9. The lowest BCUT2D eigenvalue weighted by Crippen LogP contribution is -2.12. The molecule has 2 aromatic carbocycles. The number of hydrogen-bond donors (Lipinski definition) is 2. The van der Waals surface area contributed by atoms with E-state index in [0.717, 1.165) is 47.9 Å². The Labute approximate surface area is 244 Å². The maximum absolute atomic E-state index is 12.3. The van der Waals surface area contributed by atoms with Crippen molar-refractivity contribution in [2.24, 2.45) is 0 Å². The lowest BCUT2D eigenvalue weighted by molar-refractivity contribution is 0.127. The number of nitrogens with two attached hydrogens (primary N) is 1. The van der Waals surface area contributed by atoms with Crippen molar-refractivity contribution >= 4 is 27.9 Å². The van der Waals surface area contributed by atoms with Gasteiger partial charge in [-0.05, 0) is 47.7 Å². The van der Waals surface area contributed by atoms with Crippen LogP contribution in [0.2, 0.25) is 0 Å². The van der Waals surface area contributed by atoms with Crippen LogP contribution in [0, 0.1) is 6.07 Å². The number of rotatable bonds is 20. The quantitative estimate of drug-likeness (QED) is 0.107. The lowest BCUT2D eigenvalue weighted by atomic mass is 10.0. The highest BCUT2D eigenvalue weighted by Crippen LogP contribution is 2.26. The molecule has 41 heavy (non-hydrogen) atoms. The van der Waals surface area contributed by atoms with E-state index in [2.05, 4.69) is 46.1 Å². The fourth-order valence-electron chi connectivity index (χ4n) is 5.56. The minimum atomic E-state index is -0.338. The summed E-state index contributed by atoms with van der Waals surface area (Å²) in [6.07, 6.45) is 22.4. The molecule has 0 fully saturated rings. The largest absolute Gasteiger partial charge is 0.381 e. The minimum absolute atomic E-state index is 0.0764. The summed E-state index contributed by atoms with van der Waals surface area (Å²) in [6.45, 7) is 3.82. The molecule has 2 heterocycles. The molecular weight excluding hydrogens is 510 g/mol. The SMILES string of the molecule is CCCCCCCCCCCCCCCCOCCCc1[c]c2ccccc2cc1-n1cnc2c(=O)[nH]c(N)nc21. The van der Waals surface area contributed by atoms with Crippen LogP contribution >= 0.6 is 0 Å². The molecule has 0 unspecified atom stereocenters. The Morgan fingerprint density at radius 3 is 2.22 bits per heavy atom. The summed E-state index contributed by atoms with van der Waals surface area (Å²) in [5.41, 5.74) is 8.18. The standard InChI is InChI=1S/C34H48N5O2/c1-2-3-4-5-6-7-8-9-10-11-12-13-14-17-22-41-23-18-21-29-24-27-19-15-16-20-28(27)25-30(29)39-26-36-31-32(39)37-34(35)38-33(31)40/h15-16,19-20,25-26H,2-14,17-18,21-23H2,1H3,(H3,35,37,38,40). The Bertz CT molecular complexity index is 1390. The molecule has 0 amide bonds. The van der Waals surface area contributed by atoms with Crippen LogP contribution in [0.15, 0.2) is 41.5 Å². The number of benzene rings is 2. The highest BCUT2D eigenvalue weighted by atomic mass is 16.5. The number of aromatic amines is 1. The van der Waals surface area contributed by atoms with Crippen LogP contribution in [0.5, 0.6) is 0 Å². The van der Waals surface area contributed by atoms with Gasteiger partial charge in [0.25, 0.3) is 5.56 Å². The Balaban J connectivity index is 1.16. The van der Waals surface area contributed by atoms with E-state index >= 15 is 0 Å². The number of aryl methyl sites for hydroxylation is 1. The first kappa shape index (κ1) is 30.8. The number of anilines is 1. The van der Waals surface area contributed by atoms with Gasteiger partial charge in [0, 0.05) is 13.2 Å². The van der Waals surface area contributed by atoms with E-state index in [-0.39, 0.29) is 17.0 Å². The van der Waals surface area contributed by atoms with Crippen LogP contribution < -0.4 is 11.3 Å². The second kappa shape index (κ2) is 16.9. The average Bonchev–Trinajstić information content (AvgIpc) is 3.40. The molecule has 7 heteroatoms. The maximum Gasteiger partial charge on any atom is 0.280 e. The third-order valence-electron chi connectivity index (χ3n) is 7.89. The summed E-state index contributed by atoms with van der Waals surface area (Å²) < 4.78 is 7.82. The summed E-state index contributed by atoms with van der Waals surface area (Å²) in [5.74, 6) is 0.0764. The molecule has 0 spiro atoms. The molecule has 4 aromatic rings. The highest BCUT2D eigenvalue weighted by Gasteiger charge is 2.15. The number of hydrogen-bond acceptors (Lipinski definition) is 5. The van der Waals surface area contributed by atoms with Crippen molar-refractivity contribution in [3.8, 4) is 5.69 Å². The monoisotopic (exact) mass is 558 g/mol. The second-order valence-electron chi connectivity index (χ2n) is 11.3. The Morgan fingerprint density at radius 1 is 0.878 bits per heavy atom. The van der Waals surface area contributed by atoms with Crippen molar-refractivity contribution in [1.29, 1.82) is 0 Å². The van der Waals surface area contributed by atoms with Crippen molar-refractivity contribution in [2.45, 2.75) is 110 Å². The molecule has 0 saturated carbocycles. The van der Waals surface area contributed by atoms with Gasteiger partial charge in [-0.25, -0.2) is 4.98 Å². The van der Waals surface area contributed by atoms with E-state index in [1.165, 1.54) is 83.5 Å². The predicted molar refractivity (Wildman–Crippen MR) is 170 cm³/mol. The molecule has 4 rings (SSSR count). The number of nitrogens with zero attached hydrogens (tertiary/aromatic N) is 3. The molecule has 7 nitrogen and oxygen atoms in total. The molecule has 0 aliphatic rings. The lowest BCUT2D eigenvalue weighted by Gasteiger charge is -2.13. The molecule has 3 N–H and O–H groups in total. The van der Waals surface area contributed by atoms with E-state index in [0.29, 0.717) is 12.3 Å². The molecule has 2 aromatic heterocycles. The summed E-state index contributed by atoms with van der Waals surface area (Å²) in [4.78, 5) is 23.5. The molecule has 0 atom stereocenters. The van der Waals surface area contributed by atoms with Crippen molar-refractivity contribution in [3.05, 3.63) is 58.6 Å². The number of unbranched alkanes of at least 4 members (excludes halogenated alkanes) is 13. The number of H-pyrrole nitrogens is 1. The normalized spacial score (nSPS) is 11.6. The Kier molecular flexibility index (Phi) is 12.7. The molecule has 0 aliphatic heterocycles. The van der Waals surface area contributed by atoms with Gasteiger partial charge in [0.2, 0.25) is 5.95 Å². The Hall–Kier alpha value is -3.19. The van der Waals surface area contributed by atoms with Gasteiger partial charge in [0.15, 0.2) is 11.2 Å². The van der Waals surface area contributed by atoms with Gasteiger partial charge < -0.3 is 10.5 Å². The third kappa shape index (κ3) is 9.42. The summed E-state index contributed by atoms with van der Waals surface area (Å²) in [5, 5.41) is 2.13. The topological polar surface area (TPSA) is 98.8 Å². The summed E-state index contributed by atoms with van der Waals surface area (Å²) >= 11 is 0. The average molecular weight is 559 g/mol. The molecule has 0 bridgehead atoms. The van der Waals surface area contributed by atoms with Crippen molar-refractivity contribution < 1.29 is 4.74 Å². The zero-order chi connectivity index (χ0) is 28.7. The Morgan fingerprint density at radius 2 is 1.51 bits per heavy atom. The van der Waals surface area contributed by atoms with Crippen LogP contribution in [-0.2, 0) is 11.2 Å². The van der Waals surface area contributed by atoms with Crippen LogP contribution in [0.1, 0.15) is 109 Å². The molecule has 0 saturated heterocycles.